The third kappa shape index (κ3) is 5.97. The lowest BCUT2D eigenvalue weighted by atomic mass is 10.1. The lowest BCUT2D eigenvalue weighted by Gasteiger charge is -2.31. The van der Waals surface area contributed by atoms with Crippen molar-refractivity contribution in [3.8, 4) is 11.5 Å². The number of rotatable bonds is 9. The summed E-state index contributed by atoms with van der Waals surface area (Å²) in [7, 11) is 0. The summed E-state index contributed by atoms with van der Waals surface area (Å²) in [5, 5.41) is 4.05. The first-order valence-corrected chi connectivity index (χ1v) is 12.6. The van der Waals surface area contributed by atoms with Crippen LogP contribution in [0.4, 0.5) is 0 Å². The average Bonchev–Trinajstić information content (AvgIpc) is 3.51. The predicted molar refractivity (Wildman–Crippen MR) is 132 cm³/mol. The number of ether oxygens (including phenoxy) is 2. The van der Waals surface area contributed by atoms with Crippen molar-refractivity contribution >= 4 is 35.0 Å². The summed E-state index contributed by atoms with van der Waals surface area (Å²) in [6.45, 7) is 2.43. The van der Waals surface area contributed by atoms with Gasteiger partial charge in [0.05, 0.1) is 10.0 Å². The molecule has 2 aliphatic rings. The van der Waals surface area contributed by atoms with Gasteiger partial charge in [0.15, 0.2) is 11.5 Å². The van der Waals surface area contributed by atoms with Crippen LogP contribution in [0.2, 0.25) is 10.0 Å². The van der Waals surface area contributed by atoms with Gasteiger partial charge in [-0.15, -0.1) is 0 Å². The van der Waals surface area contributed by atoms with Gasteiger partial charge in [0.1, 0.15) is 6.04 Å². The first-order chi connectivity index (χ1) is 16.4. The molecule has 2 aromatic rings. The number of halogens is 2. The second-order valence-electron chi connectivity index (χ2n) is 8.87. The van der Waals surface area contributed by atoms with E-state index < -0.39 is 6.04 Å². The number of carbonyl (C=O) groups excluding carboxylic acids is 2. The van der Waals surface area contributed by atoms with E-state index in [1.807, 2.05) is 31.2 Å². The maximum absolute atomic E-state index is 13.5. The minimum absolute atomic E-state index is 0.0860. The molecule has 0 bridgehead atoms. The van der Waals surface area contributed by atoms with Crippen LogP contribution >= 0.6 is 23.2 Å². The number of nitrogens with zero attached hydrogens (tertiary/aromatic N) is 1. The number of aryl methyl sites for hydroxylation is 1. The summed E-state index contributed by atoms with van der Waals surface area (Å²) < 4.78 is 10.8. The van der Waals surface area contributed by atoms with Crippen molar-refractivity contribution in [2.75, 3.05) is 6.79 Å². The van der Waals surface area contributed by atoms with Gasteiger partial charge >= 0.3 is 0 Å². The zero-order valence-electron chi connectivity index (χ0n) is 19.3. The van der Waals surface area contributed by atoms with E-state index >= 15 is 0 Å². The van der Waals surface area contributed by atoms with Crippen LogP contribution in [0.15, 0.2) is 36.4 Å². The quantitative estimate of drug-likeness (QED) is 0.487. The molecule has 0 unspecified atom stereocenters. The molecule has 1 heterocycles. The van der Waals surface area contributed by atoms with Crippen LogP contribution in [-0.4, -0.2) is 35.6 Å². The Bertz CT molecular complexity index is 1040. The molecule has 1 aliphatic carbocycles. The van der Waals surface area contributed by atoms with Gasteiger partial charge in [-0.05, 0) is 61.1 Å². The topological polar surface area (TPSA) is 67.9 Å². The minimum Gasteiger partial charge on any atom is -0.454 e. The number of nitrogens with one attached hydrogen (secondary N) is 1. The predicted octanol–water partition coefficient (Wildman–Crippen LogP) is 5.52. The molecule has 1 atom stereocenters. The van der Waals surface area contributed by atoms with Crippen molar-refractivity contribution < 1.29 is 19.1 Å². The van der Waals surface area contributed by atoms with Crippen LogP contribution < -0.4 is 14.8 Å². The Hall–Kier alpha value is -2.44. The maximum Gasteiger partial charge on any atom is 0.243 e. The fourth-order valence-corrected chi connectivity index (χ4v) is 4.93. The van der Waals surface area contributed by atoms with E-state index in [0.29, 0.717) is 34.4 Å². The van der Waals surface area contributed by atoms with Gasteiger partial charge in [0.25, 0.3) is 0 Å². The number of hydrogen-bond acceptors (Lipinski definition) is 4. The van der Waals surface area contributed by atoms with Gasteiger partial charge in [0, 0.05) is 19.0 Å². The number of amides is 2. The highest BCUT2D eigenvalue weighted by molar-refractivity contribution is 6.42. The van der Waals surface area contributed by atoms with Crippen molar-refractivity contribution in [3.05, 3.63) is 57.6 Å². The minimum atomic E-state index is -0.556. The maximum atomic E-state index is 13.5. The molecule has 8 heteroatoms. The molecule has 1 fully saturated rings. The average molecular weight is 505 g/mol. The second kappa shape index (κ2) is 11.3. The molecule has 0 saturated heterocycles. The smallest absolute Gasteiger partial charge is 0.243 e. The highest BCUT2D eigenvalue weighted by Gasteiger charge is 2.30. The fraction of sp³-hybridized carbons (Fsp3) is 0.462. The van der Waals surface area contributed by atoms with E-state index in [2.05, 4.69) is 5.32 Å². The molecule has 1 aliphatic heterocycles. The Balaban J connectivity index is 1.50. The molecule has 1 saturated carbocycles. The molecule has 1 N–H and O–H groups in total. The summed E-state index contributed by atoms with van der Waals surface area (Å²) >= 11 is 12.3. The number of fused-ring (bicyclic) bond motifs is 1. The van der Waals surface area contributed by atoms with E-state index in [4.69, 9.17) is 32.7 Å². The largest absolute Gasteiger partial charge is 0.454 e. The summed E-state index contributed by atoms with van der Waals surface area (Å²) in [6, 6.07) is 10.7. The van der Waals surface area contributed by atoms with E-state index in [1.165, 1.54) is 0 Å². The van der Waals surface area contributed by atoms with Gasteiger partial charge in [-0.2, -0.15) is 0 Å². The van der Waals surface area contributed by atoms with Crippen molar-refractivity contribution in [2.24, 2.45) is 0 Å². The van der Waals surface area contributed by atoms with Crippen LogP contribution in [0.5, 0.6) is 11.5 Å². The molecular formula is C26H30Cl2N2O4. The van der Waals surface area contributed by atoms with Crippen molar-refractivity contribution in [1.82, 2.24) is 10.2 Å². The Morgan fingerprint density at radius 3 is 2.50 bits per heavy atom. The van der Waals surface area contributed by atoms with E-state index in [0.717, 1.165) is 36.8 Å². The van der Waals surface area contributed by atoms with E-state index in [9.17, 15) is 9.59 Å². The summed E-state index contributed by atoms with van der Waals surface area (Å²) in [5.41, 5.74) is 1.81. The molecule has 0 spiro atoms. The lowest BCUT2D eigenvalue weighted by Crippen LogP contribution is -2.51. The molecule has 2 aromatic carbocycles. The van der Waals surface area contributed by atoms with E-state index in [-0.39, 0.29) is 37.6 Å². The zero-order valence-corrected chi connectivity index (χ0v) is 20.8. The van der Waals surface area contributed by atoms with Gasteiger partial charge in [-0.25, -0.2) is 0 Å². The lowest BCUT2D eigenvalue weighted by molar-refractivity contribution is -0.141. The summed E-state index contributed by atoms with van der Waals surface area (Å²) in [6.07, 6.45) is 5.57. The monoisotopic (exact) mass is 504 g/mol. The summed E-state index contributed by atoms with van der Waals surface area (Å²) in [5.74, 6) is 1.23. The van der Waals surface area contributed by atoms with E-state index in [1.54, 1.807) is 17.0 Å². The van der Waals surface area contributed by atoms with Gasteiger partial charge in [0.2, 0.25) is 18.6 Å². The Morgan fingerprint density at radius 2 is 1.76 bits per heavy atom. The Labute approximate surface area is 210 Å². The molecule has 34 heavy (non-hydrogen) atoms. The molecule has 182 valence electrons. The molecular weight excluding hydrogens is 475 g/mol. The van der Waals surface area contributed by atoms with Crippen molar-refractivity contribution in [3.63, 3.8) is 0 Å². The Morgan fingerprint density at radius 1 is 1.03 bits per heavy atom. The third-order valence-corrected chi connectivity index (χ3v) is 7.23. The number of benzene rings is 2. The van der Waals surface area contributed by atoms with Gasteiger partial charge in [-0.1, -0.05) is 55.1 Å². The summed E-state index contributed by atoms with van der Waals surface area (Å²) in [4.78, 5) is 28.4. The van der Waals surface area contributed by atoms with Crippen molar-refractivity contribution in [2.45, 2.75) is 70.5 Å². The van der Waals surface area contributed by atoms with Crippen LogP contribution in [0.1, 0.15) is 56.6 Å². The first kappa shape index (κ1) is 24.7. The molecule has 6 nitrogen and oxygen atoms in total. The van der Waals surface area contributed by atoms with Crippen LogP contribution in [0.3, 0.4) is 0 Å². The zero-order chi connectivity index (χ0) is 24.1. The second-order valence-corrected chi connectivity index (χ2v) is 9.69. The normalized spacial score (nSPS) is 15.9. The standard InChI is InChI=1S/C26H30Cl2N2O4/c1-2-22(26(32)29-19-5-3-4-6-19)30(15-18-7-10-20(27)21(28)13-18)25(31)12-9-17-8-11-23-24(14-17)34-16-33-23/h7-8,10-11,13-14,19,22H,2-6,9,12,15-16H2,1H3,(H,29,32)/t22-/m1/s1. The van der Waals surface area contributed by atoms with Crippen LogP contribution in [0.25, 0.3) is 0 Å². The van der Waals surface area contributed by atoms with Gasteiger partial charge in [-0.3, -0.25) is 9.59 Å². The highest BCUT2D eigenvalue weighted by atomic mass is 35.5. The molecule has 0 aromatic heterocycles. The number of carbonyl (C=O) groups is 2. The van der Waals surface area contributed by atoms with Crippen LogP contribution in [0, 0.1) is 0 Å². The molecule has 4 rings (SSSR count). The Kier molecular flexibility index (Phi) is 8.22. The number of hydrogen-bond donors (Lipinski definition) is 1. The molecule has 2 amide bonds. The van der Waals surface area contributed by atoms with Crippen LogP contribution in [-0.2, 0) is 22.6 Å². The third-order valence-electron chi connectivity index (χ3n) is 6.49. The fourth-order valence-electron chi connectivity index (χ4n) is 4.61. The first-order valence-electron chi connectivity index (χ1n) is 11.9. The highest BCUT2D eigenvalue weighted by Crippen LogP contribution is 2.33. The SMILES string of the molecule is CC[C@H](C(=O)NC1CCCC1)N(Cc1ccc(Cl)c(Cl)c1)C(=O)CCc1ccc2c(c1)OCO2. The molecule has 0 radical (unpaired) electrons. The van der Waals surface area contributed by atoms with Crippen molar-refractivity contribution in [1.29, 1.82) is 0 Å². The van der Waals surface area contributed by atoms with Gasteiger partial charge < -0.3 is 19.7 Å².